The number of aromatic carboxylic acids is 2. The van der Waals surface area contributed by atoms with Crippen molar-refractivity contribution in [3.63, 3.8) is 0 Å². The molecule has 1 aromatic rings. The minimum absolute atomic E-state index is 0. The average Bonchev–Trinajstić information content (AvgIpc) is 2.29. The molecule has 0 unspecified atom stereocenters. The van der Waals surface area contributed by atoms with Gasteiger partial charge in [-0.25, -0.2) is 9.59 Å². The topological polar surface area (TPSA) is 115 Å². The van der Waals surface area contributed by atoms with E-state index in [1.54, 1.807) is 0 Å². The summed E-state index contributed by atoms with van der Waals surface area (Å²) in [5, 5.41) is 32.2. The van der Waals surface area contributed by atoms with E-state index in [2.05, 4.69) is 0 Å². The number of carboxylic acid groups (broad SMARTS) is 2. The van der Waals surface area contributed by atoms with Crippen LogP contribution in [0.25, 0.3) is 0 Å². The van der Waals surface area contributed by atoms with Crippen molar-refractivity contribution in [3.05, 3.63) is 35.4 Å². The van der Waals surface area contributed by atoms with Gasteiger partial charge in [-0.05, 0) is 24.3 Å². The summed E-state index contributed by atoms with van der Waals surface area (Å²) in [4.78, 5) is 20.7. The maximum Gasteiger partial charge on any atom is 0.335 e. The van der Waals surface area contributed by atoms with Crippen molar-refractivity contribution >= 4 is 24.3 Å². The summed E-state index contributed by atoms with van der Waals surface area (Å²) >= 11 is 0. The summed E-state index contributed by atoms with van der Waals surface area (Å²) in [6.45, 7) is -0.250. The first-order valence-electron chi connectivity index (χ1n) is 4.31. The summed E-state index contributed by atoms with van der Waals surface area (Å²) in [7, 11) is 0. The lowest BCUT2D eigenvalue weighted by molar-refractivity contribution is 0.0681. The molecule has 0 aliphatic carbocycles. The molecule has 6 nitrogen and oxygen atoms in total. The normalized spacial score (nSPS) is 8.35. The highest BCUT2D eigenvalue weighted by molar-refractivity contribution is 5.91. The van der Waals surface area contributed by atoms with Gasteiger partial charge in [0.1, 0.15) is 0 Å². The van der Waals surface area contributed by atoms with Crippen molar-refractivity contribution < 1.29 is 30.0 Å². The van der Waals surface area contributed by atoms with Crippen molar-refractivity contribution in [2.24, 2.45) is 0 Å². The average molecular weight is 265 g/mol. The lowest BCUT2D eigenvalue weighted by Crippen LogP contribution is -1.99. The Morgan fingerprint density at radius 3 is 1.18 bits per heavy atom. The van der Waals surface area contributed by atoms with Gasteiger partial charge >= 0.3 is 11.9 Å². The van der Waals surface area contributed by atoms with Crippen molar-refractivity contribution in [1.82, 2.24) is 0 Å². The van der Waals surface area contributed by atoms with Gasteiger partial charge in [0, 0.05) is 0 Å². The van der Waals surface area contributed by atoms with Crippen LogP contribution in [0, 0.1) is 0 Å². The molecule has 0 bridgehead atoms. The maximum atomic E-state index is 10.3. The molecule has 0 saturated heterocycles. The van der Waals surface area contributed by atoms with Gasteiger partial charge in [-0.3, -0.25) is 0 Å². The number of hydrogen-bond donors (Lipinski definition) is 4. The molecule has 0 amide bonds. The number of aliphatic hydroxyl groups is 2. The minimum atomic E-state index is -1.06. The Labute approximate surface area is 104 Å². The largest absolute Gasteiger partial charge is 0.478 e. The molecular formula is C10H13ClO6. The molecule has 96 valence electrons. The van der Waals surface area contributed by atoms with Gasteiger partial charge in [-0.15, -0.1) is 12.4 Å². The molecule has 0 saturated carbocycles. The maximum absolute atomic E-state index is 10.3. The second-order valence-electron chi connectivity index (χ2n) is 2.63. The lowest BCUT2D eigenvalue weighted by atomic mass is 10.1. The SMILES string of the molecule is Cl.O=C(O)c1ccc(C(=O)O)cc1.OCCO. The third-order valence-electron chi connectivity index (χ3n) is 1.48. The van der Waals surface area contributed by atoms with E-state index in [9.17, 15) is 9.59 Å². The second-order valence-corrected chi connectivity index (χ2v) is 2.63. The van der Waals surface area contributed by atoms with Gasteiger partial charge in [0.25, 0.3) is 0 Å². The molecule has 0 aliphatic heterocycles. The van der Waals surface area contributed by atoms with Gasteiger partial charge in [0.2, 0.25) is 0 Å². The molecule has 0 heterocycles. The van der Waals surface area contributed by atoms with Crippen LogP contribution in [0.2, 0.25) is 0 Å². The summed E-state index contributed by atoms with van der Waals surface area (Å²) in [5.41, 5.74) is 0.167. The van der Waals surface area contributed by atoms with Crippen LogP contribution in [0.1, 0.15) is 20.7 Å². The first-order valence-corrected chi connectivity index (χ1v) is 4.31. The van der Waals surface area contributed by atoms with Crippen LogP contribution < -0.4 is 0 Å². The summed E-state index contributed by atoms with van der Waals surface area (Å²) < 4.78 is 0. The predicted octanol–water partition coefficient (Wildman–Crippen LogP) is 0.476. The van der Waals surface area contributed by atoms with Crippen LogP contribution in [0.4, 0.5) is 0 Å². The number of hydrogen-bond acceptors (Lipinski definition) is 4. The summed E-state index contributed by atoms with van der Waals surface area (Å²) in [6, 6.07) is 5.02. The monoisotopic (exact) mass is 264 g/mol. The number of benzene rings is 1. The summed E-state index contributed by atoms with van der Waals surface area (Å²) in [6.07, 6.45) is 0. The van der Waals surface area contributed by atoms with Gasteiger partial charge in [-0.1, -0.05) is 0 Å². The van der Waals surface area contributed by atoms with Crippen LogP contribution >= 0.6 is 12.4 Å². The zero-order valence-corrected chi connectivity index (χ0v) is 9.55. The third kappa shape index (κ3) is 7.29. The molecule has 0 aliphatic rings. The van der Waals surface area contributed by atoms with Gasteiger partial charge < -0.3 is 20.4 Å². The Morgan fingerprint density at radius 2 is 1.06 bits per heavy atom. The van der Waals surface area contributed by atoms with Crippen molar-refractivity contribution in [2.45, 2.75) is 0 Å². The Balaban J connectivity index is 0. The van der Waals surface area contributed by atoms with E-state index in [-0.39, 0.29) is 36.7 Å². The quantitative estimate of drug-likeness (QED) is 0.631. The zero-order chi connectivity index (χ0) is 12.6. The predicted molar refractivity (Wildman–Crippen MR) is 61.8 cm³/mol. The van der Waals surface area contributed by atoms with Crippen molar-refractivity contribution in [3.8, 4) is 0 Å². The smallest absolute Gasteiger partial charge is 0.335 e. The molecule has 0 radical (unpaired) electrons. The molecule has 4 N–H and O–H groups in total. The fourth-order valence-electron chi connectivity index (χ4n) is 0.755. The number of halogens is 1. The van der Waals surface area contributed by atoms with E-state index in [4.69, 9.17) is 20.4 Å². The fraction of sp³-hybridized carbons (Fsp3) is 0.200. The van der Waals surface area contributed by atoms with Gasteiger partial charge in [-0.2, -0.15) is 0 Å². The van der Waals surface area contributed by atoms with E-state index in [0.29, 0.717) is 0 Å². The number of carbonyl (C=O) groups is 2. The van der Waals surface area contributed by atoms with E-state index in [1.165, 1.54) is 24.3 Å². The summed E-state index contributed by atoms with van der Waals surface area (Å²) in [5.74, 6) is -2.13. The van der Waals surface area contributed by atoms with Crippen LogP contribution in [-0.2, 0) is 0 Å². The van der Waals surface area contributed by atoms with Gasteiger partial charge in [0.05, 0.1) is 24.3 Å². The molecule has 0 aromatic heterocycles. The van der Waals surface area contributed by atoms with Crippen LogP contribution in [0.3, 0.4) is 0 Å². The first-order chi connectivity index (χ1) is 7.52. The molecule has 0 fully saturated rings. The number of carboxylic acids is 2. The number of aliphatic hydroxyl groups excluding tert-OH is 2. The minimum Gasteiger partial charge on any atom is -0.478 e. The van der Waals surface area contributed by atoms with Gasteiger partial charge in [0.15, 0.2) is 0 Å². The molecular weight excluding hydrogens is 252 g/mol. The highest BCUT2D eigenvalue weighted by atomic mass is 35.5. The van der Waals surface area contributed by atoms with Crippen LogP contribution in [0.5, 0.6) is 0 Å². The standard InChI is InChI=1S/C8H6O4.C2H6O2.ClH/c9-7(10)5-1-2-6(4-3-5)8(11)12;3-1-2-4;/h1-4H,(H,9,10)(H,11,12);3-4H,1-2H2;1H. The zero-order valence-electron chi connectivity index (χ0n) is 8.74. The van der Waals surface area contributed by atoms with Crippen LogP contribution in [0.15, 0.2) is 24.3 Å². The van der Waals surface area contributed by atoms with E-state index in [0.717, 1.165) is 0 Å². The van der Waals surface area contributed by atoms with E-state index < -0.39 is 11.9 Å². The molecule has 17 heavy (non-hydrogen) atoms. The fourth-order valence-corrected chi connectivity index (χ4v) is 0.755. The van der Waals surface area contributed by atoms with Crippen LogP contribution in [-0.4, -0.2) is 45.6 Å². The molecule has 0 spiro atoms. The Morgan fingerprint density at radius 1 is 0.824 bits per heavy atom. The van der Waals surface area contributed by atoms with Crippen molar-refractivity contribution in [2.75, 3.05) is 13.2 Å². The number of rotatable bonds is 3. The highest BCUT2D eigenvalue weighted by Gasteiger charge is 2.04. The molecule has 1 rings (SSSR count). The second kappa shape index (κ2) is 9.59. The Kier molecular flexibility index (Phi) is 10.0. The molecule has 7 heteroatoms. The van der Waals surface area contributed by atoms with Crippen molar-refractivity contribution in [1.29, 1.82) is 0 Å². The Hall–Kier alpha value is -1.63. The molecule has 1 aromatic carbocycles. The van der Waals surface area contributed by atoms with E-state index >= 15 is 0 Å². The third-order valence-corrected chi connectivity index (χ3v) is 1.48. The van der Waals surface area contributed by atoms with E-state index in [1.807, 2.05) is 0 Å². The highest BCUT2D eigenvalue weighted by Crippen LogP contribution is 2.03. The first kappa shape index (κ1) is 17.8. The lowest BCUT2D eigenvalue weighted by Gasteiger charge is -1.94. The molecule has 0 atom stereocenters. The Bertz CT molecular complexity index is 313.